The molecule has 14 nitrogen and oxygen atoms in total. The number of nitrogens with zero attached hydrogens (tertiary/aromatic N) is 8. The van der Waals surface area contributed by atoms with Gasteiger partial charge in [-0.2, -0.15) is 15.2 Å². The van der Waals surface area contributed by atoms with Crippen molar-refractivity contribution in [2.75, 3.05) is 0 Å². The monoisotopic (exact) mass is 558 g/mol. The Morgan fingerprint density at radius 1 is 0.833 bits per heavy atom. The fourth-order valence-electron chi connectivity index (χ4n) is 4.22. The molecule has 14 heteroatoms. The number of esters is 1. The molecule has 0 saturated heterocycles. The first kappa shape index (κ1) is 24.9. The number of hydrogen-bond acceptors (Lipinski definition) is 13. The van der Waals surface area contributed by atoms with Gasteiger partial charge < -0.3 is 14.1 Å². The van der Waals surface area contributed by atoms with Crippen LogP contribution in [0.4, 0.5) is 0 Å². The molecular formula is C28H18N10O4. The number of carbonyl (C=O) groups is 1. The summed E-state index contributed by atoms with van der Waals surface area (Å²) in [6.45, 7) is 0. The van der Waals surface area contributed by atoms with E-state index < -0.39 is 11.8 Å². The number of aliphatic imine (C=N–C) groups is 1. The smallest absolute Gasteiger partial charge is 0.341 e. The van der Waals surface area contributed by atoms with Crippen LogP contribution in [0.3, 0.4) is 0 Å². The molecule has 2 N–H and O–H groups in total. The standard InChI is InChI=1S/C28H18N10O4/c39-27(20-8-2-6-18(14-20)25-31-23(35-41-25)21-9-3-11-29-15-21)40-28(22-10-4-12-30-16-22)32-26(42-36-28)19-7-1-5-17(13-19)24-33-37-38-34-24/h1-16,36H,(H,33,34,37,38). The highest BCUT2D eigenvalue weighted by atomic mass is 16.7. The van der Waals surface area contributed by atoms with Crippen molar-refractivity contribution in [2.24, 2.45) is 4.99 Å². The molecule has 0 spiro atoms. The second kappa shape index (κ2) is 10.4. The van der Waals surface area contributed by atoms with Gasteiger partial charge in [-0.3, -0.25) is 9.97 Å². The molecule has 42 heavy (non-hydrogen) atoms. The second-order valence-corrected chi connectivity index (χ2v) is 8.96. The molecule has 6 aromatic rings. The molecule has 0 amide bonds. The van der Waals surface area contributed by atoms with E-state index >= 15 is 0 Å². The Bertz CT molecular complexity index is 1890. The molecule has 1 aliphatic heterocycles. The topological polar surface area (TPSA) is 179 Å². The first-order valence-electron chi connectivity index (χ1n) is 12.5. The third-order valence-electron chi connectivity index (χ3n) is 6.24. The van der Waals surface area contributed by atoms with Crippen LogP contribution in [0.2, 0.25) is 0 Å². The summed E-state index contributed by atoms with van der Waals surface area (Å²) in [6, 6.07) is 20.8. The molecule has 1 atom stereocenters. The summed E-state index contributed by atoms with van der Waals surface area (Å²) in [6.07, 6.45) is 6.41. The quantitative estimate of drug-likeness (QED) is 0.273. The Morgan fingerprint density at radius 3 is 2.45 bits per heavy atom. The van der Waals surface area contributed by atoms with Gasteiger partial charge in [0.15, 0.2) is 0 Å². The van der Waals surface area contributed by atoms with Gasteiger partial charge in [0.05, 0.1) is 11.1 Å². The minimum absolute atomic E-state index is 0.180. The van der Waals surface area contributed by atoms with Crippen LogP contribution < -0.4 is 5.48 Å². The summed E-state index contributed by atoms with van der Waals surface area (Å²) in [7, 11) is 0. The number of hydroxylamine groups is 1. The Hall–Kier alpha value is -6.15. The number of aromatic amines is 1. The van der Waals surface area contributed by atoms with Gasteiger partial charge in [-0.15, -0.1) is 10.2 Å². The molecule has 204 valence electrons. The highest BCUT2D eigenvalue weighted by Gasteiger charge is 2.44. The lowest BCUT2D eigenvalue weighted by molar-refractivity contribution is -0.0779. The number of hydrogen-bond donors (Lipinski definition) is 2. The lowest BCUT2D eigenvalue weighted by Gasteiger charge is -2.24. The van der Waals surface area contributed by atoms with Gasteiger partial charge in [0, 0.05) is 47.0 Å². The highest BCUT2D eigenvalue weighted by molar-refractivity contribution is 5.96. The van der Waals surface area contributed by atoms with E-state index in [1.165, 1.54) is 6.20 Å². The molecule has 0 saturated carbocycles. The number of tetrazole rings is 1. The first-order valence-corrected chi connectivity index (χ1v) is 12.5. The maximum Gasteiger partial charge on any atom is 0.341 e. The van der Waals surface area contributed by atoms with Crippen LogP contribution in [0.1, 0.15) is 21.5 Å². The SMILES string of the molecule is O=C(OC1(c2cccnc2)N=C(c2cccc(-c3nn[nH]n3)c2)ON1)c1cccc(-c2nc(-c3cccnc3)no2)c1. The van der Waals surface area contributed by atoms with Crippen molar-refractivity contribution in [3.8, 4) is 34.2 Å². The number of aromatic nitrogens is 8. The normalized spacial score (nSPS) is 16.0. The van der Waals surface area contributed by atoms with Crippen LogP contribution in [0, 0.1) is 0 Å². The van der Waals surface area contributed by atoms with Crippen molar-refractivity contribution in [2.45, 2.75) is 5.85 Å². The second-order valence-electron chi connectivity index (χ2n) is 8.96. The molecule has 7 rings (SSSR count). The van der Waals surface area contributed by atoms with Crippen LogP contribution in [0.15, 0.2) is 107 Å². The maximum atomic E-state index is 13.5. The van der Waals surface area contributed by atoms with E-state index in [2.05, 4.69) is 51.2 Å². The predicted octanol–water partition coefficient (Wildman–Crippen LogP) is 3.32. The zero-order chi connectivity index (χ0) is 28.4. The van der Waals surface area contributed by atoms with Crippen LogP contribution in [0.5, 0.6) is 0 Å². The molecule has 1 aliphatic rings. The molecule has 5 heterocycles. The third-order valence-corrected chi connectivity index (χ3v) is 6.24. The van der Waals surface area contributed by atoms with E-state index in [1.54, 1.807) is 79.3 Å². The molecule has 2 aromatic carbocycles. The third kappa shape index (κ3) is 4.73. The number of rotatable bonds is 7. The van der Waals surface area contributed by atoms with Crippen molar-refractivity contribution in [3.63, 3.8) is 0 Å². The van der Waals surface area contributed by atoms with Crippen molar-refractivity contribution in [1.29, 1.82) is 0 Å². The van der Waals surface area contributed by atoms with Crippen LogP contribution >= 0.6 is 0 Å². The van der Waals surface area contributed by atoms with Gasteiger partial charge in [-0.05, 0) is 59.8 Å². The van der Waals surface area contributed by atoms with E-state index in [0.717, 1.165) is 0 Å². The van der Waals surface area contributed by atoms with Crippen LogP contribution in [-0.2, 0) is 15.4 Å². The fourth-order valence-corrected chi connectivity index (χ4v) is 4.22. The summed E-state index contributed by atoms with van der Waals surface area (Å²) in [4.78, 5) is 36.6. The number of ether oxygens (including phenoxy) is 1. The van der Waals surface area contributed by atoms with E-state index in [4.69, 9.17) is 14.1 Å². The summed E-state index contributed by atoms with van der Waals surface area (Å²) in [5.74, 6) is -1.22. The van der Waals surface area contributed by atoms with E-state index in [0.29, 0.717) is 39.5 Å². The lowest BCUT2D eigenvalue weighted by Crippen LogP contribution is -2.40. The Balaban J connectivity index is 1.19. The summed E-state index contributed by atoms with van der Waals surface area (Å²) in [5, 5.41) is 18.1. The van der Waals surface area contributed by atoms with Crippen LogP contribution in [-0.4, -0.2) is 52.6 Å². The van der Waals surface area contributed by atoms with E-state index in [1.807, 2.05) is 12.1 Å². The summed E-state index contributed by atoms with van der Waals surface area (Å²) < 4.78 is 11.4. The number of benzene rings is 2. The number of pyridine rings is 2. The summed E-state index contributed by atoms with van der Waals surface area (Å²) in [5.41, 5.74) is 5.95. The van der Waals surface area contributed by atoms with Gasteiger partial charge in [-0.25, -0.2) is 4.79 Å². The van der Waals surface area contributed by atoms with Gasteiger partial charge in [0.25, 0.3) is 5.89 Å². The molecule has 0 aliphatic carbocycles. The molecule has 0 fully saturated rings. The minimum atomic E-state index is -1.73. The average molecular weight is 559 g/mol. The molecule has 4 aromatic heterocycles. The van der Waals surface area contributed by atoms with Gasteiger partial charge in [0.1, 0.15) is 0 Å². The van der Waals surface area contributed by atoms with E-state index in [-0.39, 0.29) is 17.4 Å². The zero-order valence-electron chi connectivity index (χ0n) is 21.4. The van der Waals surface area contributed by atoms with E-state index in [9.17, 15) is 4.79 Å². The molecule has 1 unspecified atom stereocenters. The number of nitrogens with one attached hydrogen (secondary N) is 2. The number of H-pyrrole nitrogens is 1. The van der Waals surface area contributed by atoms with Gasteiger partial charge >= 0.3 is 11.8 Å². The number of carbonyl (C=O) groups excluding carboxylic acids is 1. The largest absolute Gasteiger partial charge is 0.412 e. The van der Waals surface area contributed by atoms with Crippen molar-refractivity contribution < 1.29 is 18.9 Å². The fraction of sp³-hybridized carbons (Fsp3) is 0.0357. The maximum absolute atomic E-state index is 13.5. The molecule has 0 bridgehead atoms. The Kier molecular flexibility index (Phi) is 6.18. The Morgan fingerprint density at radius 2 is 1.64 bits per heavy atom. The Labute approximate surface area is 236 Å². The van der Waals surface area contributed by atoms with Gasteiger partial charge in [-0.1, -0.05) is 28.8 Å². The molecule has 0 radical (unpaired) electrons. The minimum Gasteiger partial charge on any atom is -0.412 e. The summed E-state index contributed by atoms with van der Waals surface area (Å²) >= 11 is 0. The van der Waals surface area contributed by atoms with Gasteiger partial charge in [0.2, 0.25) is 17.5 Å². The van der Waals surface area contributed by atoms with Crippen molar-refractivity contribution in [3.05, 3.63) is 114 Å². The predicted molar refractivity (Wildman–Crippen MR) is 145 cm³/mol. The van der Waals surface area contributed by atoms with Crippen molar-refractivity contribution in [1.82, 2.24) is 46.2 Å². The first-order chi connectivity index (χ1) is 20.7. The molecular weight excluding hydrogens is 540 g/mol. The van der Waals surface area contributed by atoms with Crippen LogP contribution in [0.25, 0.3) is 34.2 Å². The lowest BCUT2D eigenvalue weighted by atomic mass is 10.1. The highest BCUT2D eigenvalue weighted by Crippen LogP contribution is 2.32. The zero-order valence-corrected chi connectivity index (χ0v) is 21.4. The average Bonchev–Trinajstić information content (AvgIpc) is 3.85. The van der Waals surface area contributed by atoms with Crippen molar-refractivity contribution >= 4 is 11.9 Å².